The zero-order valence-electron chi connectivity index (χ0n) is 10.9. The Morgan fingerprint density at radius 3 is 2.63 bits per heavy atom. The predicted octanol–water partition coefficient (Wildman–Crippen LogP) is 4.46. The van der Waals surface area contributed by atoms with Gasteiger partial charge in [-0.05, 0) is 28.9 Å². The maximum Gasteiger partial charge on any atom is 0.138 e. The van der Waals surface area contributed by atoms with E-state index in [1.54, 1.807) is 12.4 Å². The van der Waals surface area contributed by atoms with Gasteiger partial charge in [0.2, 0.25) is 0 Å². The van der Waals surface area contributed by atoms with Crippen molar-refractivity contribution < 1.29 is 0 Å². The van der Waals surface area contributed by atoms with Crippen LogP contribution >= 0.6 is 27.5 Å². The highest BCUT2D eigenvalue weighted by atomic mass is 79.9. The summed E-state index contributed by atoms with van der Waals surface area (Å²) in [4.78, 5) is 12.9. The minimum atomic E-state index is 0.222. The van der Waals surface area contributed by atoms with Gasteiger partial charge in [0.1, 0.15) is 16.8 Å². The van der Waals surface area contributed by atoms with E-state index in [-0.39, 0.29) is 5.92 Å². The van der Waals surface area contributed by atoms with Crippen molar-refractivity contribution in [2.75, 3.05) is 5.32 Å². The third-order valence-electron chi connectivity index (χ3n) is 2.59. The highest BCUT2D eigenvalue weighted by Gasteiger charge is 2.12. The molecule has 0 unspecified atom stereocenters. The Bertz CT molecular complexity index is 601. The van der Waals surface area contributed by atoms with Gasteiger partial charge in [-0.25, -0.2) is 9.97 Å². The molecule has 0 atom stereocenters. The van der Waals surface area contributed by atoms with Crippen LogP contribution in [0, 0.1) is 6.92 Å². The number of nitrogens with one attached hydrogen (secondary N) is 1. The number of aromatic nitrogens is 3. The number of hydrogen-bond donors (Lipinski definition) is 1. The lowest BCUT2D eigenvalue weighted by atomic mass is 10.2. The smallest absolute Gasteiger partial charge is 0.138 e. The van der Waals surface area contributed by atoms with Gasteiger partial charge in [-0.2, -0.15) is 0 Å². The molecule has 0 fully saturated rings. The normalized spacial score (nSPS) is 10.8. The quantitative estimate of drug-likeness (QED) is 0.837. The van der Waals surface area contributed by atoms with Gasteiger partial charge in [0.05, 0.1) is 11.9 Å². The molecule has 100 valence electrons. The maximum absolute atomic E-state index is 6.14. The molecule has 2 aromatic rings. The summed E-state index contributed by atoms with van der Waals surface area (Å²) in [7, 11) is 0. The van der Waals surface area contributed by atoms with Gasteiger partial charge >= 0.3 is 0 Å². The van der Waals surface area contributed by atoms with E-state index in [4.69, 9.17) is 11.6 Å². The van der Waals surface area contributed by atoms with Crippen molar-refractivity contribution in [3.8, 4) is 0 Å². The number of pyridine rings is 1. The first-order chi connectivity index (χ1) is 8.97. The van der Waals surface area contributed by atoms with E-state index in [1.807, 2.05) is 26.8 Å². The summed E-state index contributed by atoms with van der Waals surface area (Å²) < 4.78 is 0.902. The second-order valence-corrected chi connectivity index (χ2v) is 5.79. The van der Waals surface area contributed by atoms with Crippen molar-refractivity contribution in [1.82, 2.24) is 15.0 Å². The predicted molar refractivity (Wildman–Crippen MR) is 81.1 cm³/mol. The lowest BCUT2D eigenvalue weighted by Crippen LogP contribution is -2.05. The van der Waals surface area contributed by atoms with Crippen LogP contribution in [0.25, 0.3) is 0 Å². The molecule has 0 aliphatic carbocycles. The zero-order chi connectivity index (χ0) is 14.0. The van der Waals surface area contributed by atoms with E-state index >= 15 is 0 Å². The summed E-state index contributed by atoms with van der Waals surface area (Å²) in [5.74, 6) is 1.66. The van der Waals surface area contributed by atoms with E-state index in [0.717, 1.165) is 21.5 Å². The standard InChI is InChI=1S/C13H14BrClN4/c1-7(2)12-18-11(15)8(3)13(19-12)17-10-4-9(14)5-16-6-10/h4-7H,1-3H3,(H,17,18,19). The highest BCUT2D eigenvalue weighted by molar-refractivity contribution is 9.10. The molecule has 0 amide bonds. The van der Waals surface area contributed by atoms with Gasteiger partial charge in [-0.15, -0.1) is 0 Å². The number of nitrogens with zero attached hydrogens (tertiary/aromatic N) is 3. The van der Waals surface area contributed by atoms with Crippen molar-refractivity contribution in [2.45, 2.75) is 26.7 Å². The van der Waals surface area contributed by atoms with E-state index < -0.39 is 0 Å². The van der Waals surface area contributed by atoms with Gasteiger partial charge in [-0.3, -0.25) is 4.98 Å². The Morgan fingerprint density at radius 2 is 2.00 bits per heavy atom. The first-order valence-corrected chi connectivity index (χ1v) is 7.06. The number of hydrogen-bond acceptors (Lipinski definition) is 4. The van der Waals surface area contributed by atoms with Crippen LogP contribution in [0.5, 0.6) is 0 Å². The molecule has 0 spiro atoms. The number of anilines is 2. The molecule has 2 rings (SSSR count). The fourth-order valence-electron chi connectivity index (χ4n) is 1.50. The Kier molecular flexibility index (Phi) is 4.37. The fourth-order valence-corrected chi connectivity index (χ4v) is 2.04. The van der Waals surface area contributed by atoms with E-state index in [9.17, 15) is 0 Å². The summed E-state index contributed by atoms with van der Waals surface area (Å²) in [5, 5.41) is 3.70. The molecule has 1 N–H and O–H groups in total. The third kappa shape index (κ3) is 3.42. The molecule has 0 saturated carbocycles. The molecule has 0 saturated heterocycles. The summed E-state index contributed by atoms with van der Waals surface area (Å²) in [6.45, 7) is 5.96. The molecule has 4 nitrogen and oxygen atoms in total. The first-order valence-electron chi connectivity index (χ1n) is 5.89. The van der Waals surface area contributed by atoms with Crippen molar-refractivity contribution in [1.29, 1.82) is 0 Å². The van der Waals surface area contributed by atoms with Crippen LogP contribution in [0.4, 0.5) is 11.5 Å². The molecule has 0 aromatic carbocycles. The van der Waals surface area contributed by atoms with Gasteiger partial charge in [0.25, 0.3) is 0 Å². The van der Waals surface area contributed by atoms with Crippen molar-refractivity contribution in [3.05, 3.63) is 39.5 Å². The second kappa shape index (κ2) is 5.84. The molecule has 0 aliphatic heterocycles. The van der Waals surface area contributed by atoms with Crippen LogP contribution in [-0.2, 0) is 0 Å². The van der Waals surface area contributed by atoms with Crippen LogP contribution in [0.2, 0.25) is 5.15 Å². The van der Waals surface area contributed by atoms with Crippen molar-refractivity contribution in [3.63, 3.8) is 0 Å². The second-order valence-electron chi connectivity index (χ2n) is 4.52. The SMILES string of the molecule is Cc1c(Cl)nc(C(C)C)nc1Nc1cncc(Br)c1. The number of halogens is 2. The van der Waals surface area contributed by atoms with Crippen molar-refractivity contribution in [2.24, 2.45) is 0 Å². The molecule has 2 heterocycles. The summed E-state index contributed by atoms with van der Waals surface area (Å²) in [6.07, 6.45) is 3.46. The van der Waals surface area contributed by atoms with Gasteiger partial charge < -0.3 is 5.32 Å². The Hall–Kier alpha value is -1.20. The van der Waals surface area contributed by atoms with Gasteiger partial charge in [0.15, 0.2) is 0 Å². The number of rotatable bonds is 3. The molecule has 0 aliphatic rings. The monoisotopic (exact) mass is 340 g/mol. The van der Waals surface area contributed by atoms with Gasteiger partial charge in [-0.1, -0.05) is 25.4 Å². The molecular weight excluding hydrogens is 328 g/mol. The summed E-state index contributed by atoms with van der Waals surface area (Å²) in [5.41, 5.74) is 1.67. The fraction of sp³-hybridized carbons (Fsp3) is 0.308. The topological polar surface area (TPSA) is 50.7 Å². The Balaban J connectivity index is 2.39. The Morgan fingerprint density at radius 1 is 1.26 bits per heavy atom. The van der Waals surface area contributed by atoms with Crippen LogP contribution in [0.3, 0.4) is 0 Å². The highest BCUT2D eigenvalue weighted by Crippen LogP contribution is 2.26. The zero-order valence-corrected chi connectivity index (χ0v) is 13.2. The van der Waals surface area contributed by atoms with Crippen LogP contribution in [0.1, 0.15) is 31.2 Å². The lowest BCUT2D eigenvalue weighted by Gasteiger charge is -2.12. The van der Waals surface area contributed by atoms with Crippen molar-refractivity contribution >= 4 is 39.0 Å². The Labute approximate surface area is 125 Å². The average molecular weight is 342 g/mol. The molecule has 19 heavy (non-hydrogen) atoms. The van der Waals surface area contributed by atoms with Crippen LogP contribution in [0.15, 0.2) is 22.9 Å². The largest absolute Gasteiger partial charge is 0.339 e. The van der Waals surface area contributed by atoms with Crippen LogP contribution in [-0.4, -0.2) is 15.0 Å². The average Bonchev–Trinajstić information content (AvgIpc) is 2.34. The minimum absolute atomic E-state index is 0.222. The minimum Gasteiger partial charge on any atom is -0.339 e. The summed E-state index contributed by atoms with van der Waals surface area (Å²) >= 11 is 9.53. The van der Waals surface area contributed by atoms with Gasteiger partial charge in [0, 0.05) is 22.2 Å². The van der Waals surface area contributed by atoms with E-state index in [1.165, 1.54) is 0 Å². The molecule has 0 radical (unpaired) electrons. The summed E-state index contributed by atoms with van der Waals surface area (Å²) in [6, 6.07) is 1.93. The molecule has 0 bridgehead atoms. The van der Waals surface area contributed by atoms with E-state index in [2.05, 4.69) is 36.2 Å². The van der Waals surface area contributed by atoms with Crippen LogP contribution < -0.4 is 5.32 Å². The van der Waals surface area contributed by atoms with E-state index in [0.29, 0.717) is 11.0 Å². The first kappa shape index (κ1) is 14.2. The molecular formula is C13H14BrClN4. The lowest BCUT2D eigenvalue weighted by molar-refractivity contribution is 0.773. The molecule has 6 heteroatoms. The maximum atomic E-state index is 6.14. The molecule has 2 aromatic heterocycles. The third-order valence-corrected chi connectivity index (χ3v) is 3.39.